The van der Waals surface area contributed by atoms with E-state index < -0.39 is 67.8 Å². The van der Waals surface area contributed by atoms with Crippen molar-refractivity contribution in [3.8, 4) is 0 Å². The first-order valence-electron chi connectivity index (χ1n) is 20.4. The van der Waals surface area contributed by atoms with Crippen molar-refractivity contribution in [3.05, 3.63) is 0 Å². The predicted octanol–water partition coefficient (Wildman–Crippen LogP) is 3.91. The fourth-order valence-electron chi connectivity index (χ4n) is 10.7. The number of nitrogens with one attached hydrogen (secondary N) is 4. The van der Waals surface area contributed by atoms with Crippen LogP contribution in [0.25, 0.3) is 0 Å². The van der Waals surface area contributed by atoms with Crippen molar-refractivity contribution in [2.45, 2.75) is 171 Å². The summed E-state index contributed by atoms with van der Waals surface area (Å²) in [6, 6.07) is -3.21. The molecular formula is C39H61N5O7S. The third kappa shape index (κ3) is 7.50. The van der Waals surface area contributed by atoms with Crippen LogP contribution in [0, 0.1) is 28.6 Å². The number of urea groups is 1. The van der Waals surface area contributed by atoms with Gasteiger partial charge in [-0.25, -0.2) is 13.2 Å². The van der Waals surface area contributed by atoms with Gasteiger partial charge in [0.25, 0.3) is 5.91 Å². The highest BCUT2D eigenvalue weighted by Crippen LogP contribution is 2.65. The van der Waals surface area contributed by atoms with E-state index in [-0.39, 0.29) is 35.0 Å². The van der Waals surface area contributed by atoms with Gasteiger partial charge in [-0.15, -0.1) is 0 Å². The van der Waals surface area contributed by atoms with Gasteiger partial charge in [-0.1, -0.05) is 72.1 Å². The number of amides is 5. The Hall–Kier alpha value is -2.70. The van der Waals surface area contributed by atoms with Gasteiger partial charge in [0.05, 0.1) is 22.6 Å². The summed E-state index contributed by atoms with van der Waals surface area (Å²) in [6.07, 6.45) is 14.3. The maximum absolute atomic E-state index is 15.0. The first-order chi connectivity index (χ1) is 24.7. The number of Topliss-reactive ketones (excluding diaryl/α,β-unsaturated/α-hetero) is 1. The number of hydrogen-bond acceptors (Lipinski definition) is 7. The fourth-order valence-corrected chi connectivity index (χ4v) is 13.0. The Kier molecular flexibility index (Phi) is 10.3. The van der Waals surface area contributed by atoms with Crippen LogP contribution in [0.2, 0.25) is 0 Å². The average Bonchev–Trinajstić information content (AvgIpc) is 4.07. The second-order valence-electron chi connectivity index (χ2n) is 18.5. The Morgan fingerprint density at radius 2 is 1.46 bits per heavy atom. The molecule has 0 radical (unpaired) electrons. The molecule has 7 rings (SSSR count). The molecule has 0 aromatic rings. The lowest BCUT2D eigenvalue weighted by atomic mass is 9.70. The molecular weight excluding hydrogens is 683 g/mol. The molecule has 5 amide bonds. The van der Waals surface area contributed by atoms with E-state index in [0.717, 1.165) is 83.5 Å². The molecule has 12 nitrogen and oxygen atoms in total. The number of carbonyl (C=O) groups is 5. The minimum Gasteiger partial charge on any atom is -0.347 e. The zero-order valence-corrected chi connectivity index (χ0v) is 32.3. The Bertz CT molecular complexity index is 1540. The van der Waals surface area contributed by atoms with Crippen molar-refractivity contribution in [1.29, 1.82) is 0 Å². The van der Waals surface area contributed by atoms with Gasteiger partial charge in [0.2, 0.25) is 17.6 Å². The molecule has 7 aliphatic rings. The number of likely N-dealkylation sites (tertiary alicyclic amines) is 1. The number of piperidine rings is 1. The molecule has 290 valence electrons. The first kappa shape index (κ1) is 37.6. The van der Waals surface area contributed by atoms with Crippen LogP contribution in [0.3, 0.4) is 0 Å². The molecule has 13 heteroatoms. The number of rotatable bonds is 13. The van der Waals surface area contributed by atoms with Gasteiger partial charge in [-0.3, -0.25) is 19.2 Å². The van der Waals surface area contributed by atoms with Gasteiger partial charge < -0.3 is 26.2 Å². The molecule has 0 aromatic heterocycles. The van der Waals surface area contributed by atoms with E-state index in [1.165, 1.54) is 0 Å². The number of nitrogens with zero attached hydrogens (tertiary/aromatic N) is 1. The molecule has 2 heterocycles. The number of fused-ring (bicyclic) bond motifs is 1. The zero-order chi connectivity index (χ0) is 37.1. The molecule has 0 unspecified atom stereocenters. The predicted molar refractivity (Wildman–Crippen MR) is 196 cm³/mol. The number of ketones is 1. The Labute approximate surface area is 309 Å². The Morgan fingerprint density at radius 3 is 2.06 bits per heavy atom. The topological polar surface area (TPSA) is 171 Å². The van der Waals surface area contributed by atoms with E-state index in [1.54, 1.807) is 4.90 Å². The molecule has 5 saturated carbocycles. The molecule has 5 aliphatic carbocycles. The molecule has 6 atom stereocenters. The van der Waals surface area contributed by atoms with Crippen molar-refractivity contribution in [3.63, 3.8) is 0 Å². The highest BCUT2D eigenvalue weighted by Gasteiger charge is 2.70. The van der Waals surface area contributed by atoms with Gasteiger partial charge >= 0.3 is 6.03 Å². The summed E-state index contributed by atoms with van der Waals surface area (Å²) < 4.78 is 26.4. The van der Waals surface area contributed by atoms with Gasteiger partial charge in [0.15, 0.2) is 9.84 Å². The maximum Gasteiger partial charge on any atom is 0.315 e. The van der Waals surface area contributed by atoms with E-state index in [1.807, 2.05) is 6.92 Å². The minimum absolute atomic E-state index is 0.0190. The second kappa shape index (κ2) is 14.2. The van der Waals surface area contributed by atoms with E-state index in [0.29, 0.717) is 44.6 Å². The molecule has 7 fully saturated rings. The van der Waals surface area contributed by atoms with Crippen LogP contribution >= 0.6 is 0 Å². The van der Waals surface area contributed by atoms with E-state index in [9.17, 15) is 32.4 Å². The Balaban J connectivity index is 1.12. The average molecular weight is 744 g/mol. The lowest BCUT2D eigenvalue weighted by Crippen LogP contribution is -2.66. The third-order valence-electron chi connectivity index (χ3n) is 14.4. The molecule has 0 bridgehead atoms. The molecule has 2 saturated heterocycles. The van der Waals surface area contributed by atoms with Gasteiger partial charge in [0.1, 0.15) is 12.1 Å². The Morgan fingerprint density at radius 1 is 0.808 bits per heavy atom. The number of sulfone groups is 1. The molecule has 2 aliphatic heterocycles. The summed E-state index contributed by atoms with van der Waals surface area (Å²) in [5.74, 6) is -1.38. The van der Waals surface area contributed by atoms with E-state index in [4.69, 9.17) is 0 Å². The highest BCUT2D eigenvalue weighted by molar-refractivity contribution is 7.92. The number of hydrogen-bond donors (Lipinski definition) is 4. The van der Waals surface area contributed by atoms with Crippen LogP contribution in [0.15, 0.2) is 0 Å². The zero-order valence-electron chi connectivity index (χ0n) is 31.5. The molecule has 52 heavy (non-hydrogen) atoms. The molecule has 0 aromatic carbocycles. The standard InChI is InChI=1S/C39H61N5O7S/c1-37(2)26-23-44(30(29(26)37)33(46)41-27(17-14-24-12-13-24)31(45)34(47)40-25-15-16-25)35(48)32(38(3)18-6-4-7-19-38)42-36(49)43-39(20-8-5-9-21-39)28-11-10-22-52(28,50)51/h24-30,32H,4-23H2,1-3H3,(H,40,47)(H,41,46)(H2,42,43,49)/t26-,27+,28-,29-,30+,32-/m1/s1. The quantitative estimate of drug-likeness (QED) is 0.207. The maximum atomic E-state index is 15.0. The summed E-state index contributed by atoms with van der Waals surface area (Å²) in [5, 5.41) is 11.4. The van der Waals surface area contributed by atoms with Gasteiger partial charge in [-0.2, -0.15) is 0 Å². The van der Waals surface area contributed by atoms with Crippen molar-refractivity contribution in [1.82, 2.24) is 26.2 Å². The summed E-state index contributed by atoms with van der Waals surface area (Å²) in [5.41, 5.74) is -1.60. The fraction of sp³-hybridized carbons (Fsp3) is 0.872. The lowest BCUT2D eigenvalue weighted by Gasteiger charge is -2.45. The SMILES string of the molecule is CC1([C@H](NC(=O)NC2([C@H]3CCCS3(=O)=O)CCCCC2)C(=O)N2C[C@@H]3[C@H]([C@H]2C(=O)N[C@@H](CCC2CC2)C(=O)C(=O)NC2CC2)C3(C)C)CCCCC1. The summed E-state index contributed by atoms with van der Waals surface area (Å²) in [6.45, 7) is 6.64. The van der Waals surface area contributed by atoms with Crippen molar-refractivity contribution >= 4 is 39.4 Å². The van der Waals surface area contributed by atoms with Crippen LogP contribution in [0.1, 0.15) is 136 Å². The molecule has 4 N–H and O–H groups in total. The van der Waals surface area contributed by atoms with Crippen molar-refractivity contribution in [2.75, 3.05) is 12.3 Å². The van der Waals surface area contributed by atoms with E-state index in [2.05, 4.69) is 35.1 Å². The second-order valence-corrected chi connectivity index (χ2v) is 20.8. The van der Waals surface area contributed by atoms with E-state index >= 15 is 0 Å². The lowest BCUT2D eigenvalue weighted by molar-refractivity contribution is -0.146. The summed E-state index contributed by atoms with van der Waals surface area (Å²) >= 11 is 0. The highest BCUT2D eigenvalue weighted by atomic mass is 32.2. The smallest absolute Gasteiger partial charge is 0.315 e. The first-order valence-corrected chi connectivity index (χ1v) is 22.1. The van der Waals surface area contributed by atoms with Crippen LogP contribution in [0.5, 0.6) is 0 Å². The minimum atomic E-state index is -3.35. The van der Waals surface area contributed by atoms with Crippen LogP contribution < -0.4 is 21.3 Å². The van der Waals surface area contributed by atoms with Crippen molar-refractivity contribution in [2.24, 2.45) is 28.6 Å². The van der Waals surface area contributed by atoms with Crippen LogP contribution in [-0.4, -0.2) is 90.1 Å². The van der Waals surface area contributed by atoms with Gasteiger partial charge in [0, 0.05) is 12.6 Å². The largest absolute Gasteiger partial charge is 0.347 e. The van der Waals surface area contributed by atoms with Gasteiger partial charge in [-0.05, 0) is 92.8 Å². The summed E-state index contributed by atoms with van der Waals surface area (Å²) in [7, 11) is -3.35. The normalized spacial score (nSPS) is 32.1. The molecule has 0 spiro atoms. The summed E-state index contributed by atoms with van der Waals surface area (Å²) in [4.78, 5) is 71.4. The monoisotopic (exact) mass is 743 g/mol. The third-order valence-corrected chi connectivity index (χ3v) is 16.8. The number of carbonyl (C=O) groups excluding carboxylic acids is 5. The van der Waals surface area contributed by atoms with Crippen LogP contribution in [-0.2, 0) is 29.0 Å². The van der Waals surface area contributed by atoms with Crippen molar-refractivity contribution < 1.29 is 32.4 Å². The van der Waals surface area contributed by atoms with Crippen LogP contribution in [0.4, 0.5) is 4.79 Å².